The number of pyridine rings is 1. The lowest BCUT2D eigenvalue weighted by atomic mass is 9.80. The zero-order valence-corrected chi connectivity index (χ0v) is 76.0. The van der Waals surface area contributed by atoms with Crippen LogP contribution in [-0.2, 0) is 96.9 Å². The number of hydrogen-bond acceptors (Lipinski definition) is 29. The van der Waals surface area contributed by atoms with Crippen molar-refractivity contribution >= 4 is 64.7 Å². The first-order valence-electron chi connectivity index (χ1n) is 44.5. The SMILES string of the molecule is CO[C@H]1C[C@@H]2CC[C@@H](C)[C@@](O)(O2)C(=O)C(=O)N2CCCC[C@H]2C(=O)O[C@H]([C@H](N)C[C@@H]2CC[C@@H](OC(=O)NCCOCCOCCOCCOCCOCCOCCOCCOCCC(=O)NCCSc3ccc(C(=O)N4CCOc5ccc(-c6ccc(N)nc6)cc5C4)c(C)c3F)[C@H](OC)C2)CC(=O)[C@H](C)/C=C(\C)[C@@H](O)[C@@H](O)C(=O)[C@H](C)C[C@H](C)/C=C/C=C/C=C/1C. The number of esters is 1. The van der Waals surface area contributed by atoms with Crippen LogP contribution in [-0.4, -0.2) is 296 Å². The van der Waals surface area contributed by atoms with Crippen LogP contribution in [0.2, 0.25) is 0 Å². The van der Waals surface area contributed by atoms with E-state index in [2.05, 4.69) is 15.6 Å². The highest BCUT2D eigenvalue weighted by Crippen LogP contribution is 2.39. The molecule has 2 aromatic carbocycles. The van der Waals surface area contributed by atoms with Crippen LogP contribution in [0.1, 0.15) is 146 Å². The summed E-state index contributed by atoms with van der Waals surface area (Å²) in [6, 6.07) is 10.4. The van der Waals surface area contributed by atoms with Crippen LogP contribution in [0.3, 0.4) is 0 Å². The number of aromatic nitrogens is 1. The molecule has 9 N–H and O–H groups in total. The number of anilines is 1. The molecule has 2 bridgehead atoms. The monoisotopic (exact) mass is 1800 g/mol. The van der Waals surface area contributed by atoms with Crippen molar-refractivity contribution in [3.05, 3.63) is 119 Å². The quantitative estimate of drug-likeness (QED) is 0.00924. The van der Waals surface area contributed by atoms with Crippen molar-refractivity contribution in [2.45, 2.75) is 204 Å². The number of carbonyl (C=O) groups is 8. The van der Waals surface area contributed by atoms with E-state index in [4.69, 9.17) is 77.8 Å². The van der Waals surface area contributed by atoms with E-state index in [-0.39, 0.29) is 98.9 Å². The number of nitrogen functional groups attached to an aromatic ring is 1. The van der Waals surface area contributed by atoms with Gasteiger partial charge in [0.05, 0.1) is 131 Å². The maximum absolute atomic E-state index is 15.7. The first-order chi connectivity index (χ1) is 61.1. The number of allylic oxidation sites excluding steroid dienone is 6. The molecule has 0 spiro atoms. The number of aliphatic hydroxyl groups is 3. The summed E-state index contributed by atoms with van der Waals surface area (Å²) < 4.78 is 96.2. The number of carbonyl (C=O) groups excluding carboxylic acids is 8. The lowest BCUT2D eigenvalue weighted by molar-refractivity contribution is -0.265. The number of nitrogens with zero attached hydrogens (tertiary/aromatic N) is 3. The minimum Gasteiger partial charge on any atom is -0.491 e. The molecular weight excluding hydrogens is 1670 g/mol. The fraction of sp³-hybridized carbons (Fsp3) is 0.645. The van der Waals surface area contributed by atoms with E-state index in [1.807, 2.05) is 68.5 Å². The number of aliphatic hydroxyl groups excluding tert-OH is 2. The summed E-state index contributed by atoms with van der Waals surface area (Å²) in [6.07, 6.45) is 8.55. The van der Waals surface area contributed by atoms with Crippen molar-refractivity contribution in [3.63, 3.8) is 0 Å². The van der Waals surface area contributed by atoms with Gasteiger partial charge in [0.15, 0.2) is 5.78 Å². The minimum atomic E-state index is -2.51. The number of methoxy groups -OCH3 is 2. The van der Waals surface area contributed by atoms with E-state index < -0.39 is 126 Å². The van der Waals surface area contributed by atoms with Crippen LogP contribution in [0.4, 0.5) is 15.0 Å². The number of nitrogens with two attached hydrogens (primary N) is 2. The van der Waals surface area contributed by atoms with E-state index in [0.29, 0.717) is 186 Å². The third-order valence-corrected chi connectivity index (χ3v) is 24.6. The molecule has 706 valence electrons. The third kappa shape index (κ3) is 33.7. The smallest absolute Gasteiger partial charge is 0.407 e. The molecule has 0 unspecified atom stereocenters. The van der Waals surface area contributed by atoms with E-state index in [9.17, 15) is 53.7 Å². The number of fused-ring (bicyclic) bond motifs is 4. The summed E-state index contributed by atoms with van der Waals surface area (Å²) in [5.41, 5.74) is 16.9. The van der Waals surface area contributed by atoms with Gasteiger partial charge in [0.25, 0.3) is 17.6 Å². The maximum atomic E-state index is 15.7. The summed E-state index contributed by atoms with van der Waals surface area (Å²) in [4.78, 5) is 118. The third-order valence-electron chi connectivity index (χ3n) is 23.5. The summed E-state index contributed by atoms with van der Waals surface area (Å²) in [6.45, 7) is 18.6. The average molecular weight is 1800 g/mol. The molecule has 5 aliphatic rings. The molecule has 2 saturated heterocycles. The van der Waals surface area contributed by atoms with E-state index in [0.717, 1.165) is 27.2 Å². The topological polar surface area (TPSA) is 422 Å². The fourth-order valence-corrected chi connectivity index (χ4v) is 16.8. The summed E-state index contributed by atoms with van der Waals surface area (Å²) >= 11 is 1.26. The van der Waals surface area contributed by atoms with E-state index in [1.165, 1.54) is 31.9 Å². The number of benzene rings is 2. The fourth-order valence-electron chi connectivity index (χ4n) is 15.9. The molecule has 1 aliphatic carbocycles. The number of ketones is 3. The Labute approximate surface area is 750 Å². The van der Waals surface area contributed by atoms with Crippen LogP contribution >= 0.6 is 11.8 Å². The van der Waals surface area contributed by atoms with Crippen molar-refractivity contribution < 1.29 is 124 Å². The highest BCUT2D eigenvalue weighted by Gasteiger charge is 2.53. The second kappa shape index (κ2) is 55.2. The first kappa shape index (κ1) is 104. The van der Waals surface area contributed by atoms with Gasteiger partial charge in [-0.1, -0.05) is 70.2 Å². The molecule has 0 radical (unpaired) electrons. The van der Waals surface area contributed by atoms with Gasteiger partial charge in [-0.3, -0.25) is 28.8 Å². The zero-order valence-electron chi connectivity index (χ0n) is 75.2. The Morgan fingerprint density at radius 2 is 1.35 bits per heavy atom. The standard InChI is InChI=1S/C93H136FN7O25S/c1-60-15-11-10-12-16-61(2)78(113-8)56-71-22-18-65(6)93(112,126-71)88(107)90(109)101-31-14-13-17-74(101)91(110)124-79(57-75(102)62(3)52-64(5)86(105)87(106)85(104)63(4)51-60)73(95)53-67-19-24-77(80(54-67)114-9)125-92(111)98-29-34-116-37-39-118-41-43-120-45-47-122-49-48-121-46-44-119-42-40-117-38-36-115-33-28-83(103)97-30-50-127-81-26-23-72(66(7)84(81)94)89(108)100-32-35-123-76-25-20-68(55-70(76)59-100)69-21-27-82(96)99-58-69/h10-12,15-16,20-21,23,25-27,52,55,58,60,62-63,65,67,71,73-74,77-80,86-87,105-106,112H,13-14,17-19,22,24,28-51,53-54,56-57,59,95H2,1-9H3,(H2,96,99)(H,97,103)(H,98,111)/b12-10+,15-11+,61-16+,64-52+/t60-,62-,63-,65-,67+,71+,73-,74+,77-,78+,79+,80-,86-,87+,93-/m1/s1. The number of ether oxygens (including phenoxy) is 14. The lowest BCUT2D eigenvalue weighted by Crippen LogP contribution is -2.61. The van der Waals surface area contributed by atoms with Gasteiger partial charge in [-0.25, -0.2) is 19.0 Å². The number of cyclic esters (lactones) is 1. The molecule has 1 aromatic heterocycles. The number of halogens is 1. The van der Waals surface area contributed by atoms with Crippen molar-refractivity contribution in [2.75, 3.05) is 164 Å². The van der Waals surface area contributed by atoms with Crippen LogP contribution in [0.15, 0.2) is 101 Å². The molecule has 127 heavy (non-hydrogen) atoms. The van der Waals surface area contributed by atoms with Crippen LogP contribution in [0.25, 0.3) is 11.1 Å². The molecule has 15 atom stereocenters. The number of thioether (sulfide) groups is 1. The number of Topliss-reactive ketones (excluding diaryl/α,β-unsaturated/α-hetero) is 3. The molecule has 32 nitrogen and oxygen atoms in total. The minimum absolute atomic E-state index is 0.00516. The Kier molecular flexibility index (Phi) is 45.4. The molecular formula is C93H136FN7O25S. The van der Waals surface area contributed by atoms with Crippen LogP contribution in [0.5, 0.6) is 5.75 Å². The molecule has 4 amide bonds. The van der Waals surface area contributed by atoms with Crippen molar-refractivity contribution in [1.82, 2.24) is 25.4 Å². The van der Waals surface area contributed by atoms with Crippen molar-refractivity contribution in [3.8, 4) is 16.9 Å². The summed E-state index contributed by atoms with van der Waals surface area (Å²) in [5.74, 6) is -8.75. The number of alkyl carbamates (subject to hydrolysis) is 1. The van der Waals surface area contributed by atoms with Gasteiger partial charge in [-0.15, -0.1) is 11.8 Å². The van der Waals surface area contributed by atoms with Gasteiger partial charge < -0.3 is 114 Å². The Bertz CT molecular complexity index is 4100. The van der Waals surface area contributed by atoms with Gasteiger partial charge in [-0.2, -0.15) is 0 Å². The predicted octanol–water partition coefficient (Wildman–Crippen LogP) is 8.51. The summed E-state index contributed by atoms with van der Waals surface area (Å²) in [7, 11) is 3.05. The van der Waals surface area contributed by atoms with Gasteiger partial charge in [-0.05, 0) is 155 Å². The van der Waals surface area contributed by atoms with Gasteiger partial charge >= 0.3 is 12.1 Å². The summed E-state index contributed by atoms with van der Waals surface area (Å²) in [5, 5.41) is 40.1. The number of hydrogen-bond donors (Lipinski definition) is 7. The van der Waals surface area contributed by atoms with E-state index >= 15 is 4.39 Å². The molecule has 8 rings (SSSR count). The normalized spacial score (nSPS) is 26.9. The Hall–Kier alpha value is -8.01. The highest BCUT2D eigenvalue weighted by atomic mass is 32.2. The Balaban J connectivity index is 0.636. The number of rotatable bonds is 39. The lowest BCUT2D eigenvalue weighted by Gasteiger charge is -2.42. The molecule has 1 saturated carbocycles. The van der Waals surface area contributed by atoms with Gasteiger partial charge in [0.1, 0.15) is 60.2 Å². The zero-order chi connectivity index (χ0) is 91.8. The second-order valence-electron chi connectivity index (χ2n) is 33.1. The molecule has 3 fully saturated rings. The number of piperidine rings is 1. The first-order valence-corrected chi connectivity index (χ1v) is 45.5. The van der Waals surface area contributed by atoms with E-state index in [1.54, 1.807) is 64.1 Å². The van der Waals surface area contributed by atoms with Crippen molar-refractivity contribution in [1.29, 1.82) is 0 Å². The van der Waals surface area contributed by atoms with Crippen LogP contribution < -0.4 is 26.8 Å². The molecule has 4 aliphatic heterocycles. The Morgan fingerprint density at radius 3 is 2.00 bits per heavy atom. The van der Waals surface area contributed by atoms with Crippen molar-refractivity contribution in [2.24, 2.45) is 35.3 Å². The number of nitrogens with one attached hydrogen (secondary N) is 2. The average Bonchev–Trinajstić information content (AvgIpc) is 0.891. The van der Waals surface area contributed by atoms with Gasteiger partial charge in [0.2, 0.25) is 11.7 Å². The largest absolute Gasteiger partial charge is 0.491 e. The maximum Gasteiger partial charge on any atom is 0.407 e. The molecule has 34 heteroatoms. The number of amides is 4. The van der Waals surface area contributed by atoms with Crippen LogP contribution in [0, 0.1) is 42.3 Å². The Morgan fingerprint density at radius 1 is 0.701 bits per heavy atom. The predicted molar refractivity (Wildman–Crippen MR) is 472 cm³/mol. The highest BCUT2D eigenvalue weighted by molar-refractivity contribution is 7.99. The molecule has 5 heterocycles. The molecule has 3 aromatic rings. The second-order valence-corrected chi connectivity index (χ2v) is 34.3. The van der Waals surface area contributed by atoms with Gasteiger partial charge in [0, 0.05) is 117 Å².